The summed E-state index contributed by atoms with van der Waals surface area (Å²) in [5.74, 6) is 1.28. The second-order valence-corrected chi connectivity index (χ2v) is 3.84. The summed E-state index contributed by atoms with van der Waals surface area (Å²) in [6.45, 7) is 0. The average Bonchev–Trinajstić information content (AvgIpc) is 2.68. The van der Waals surface area contributed by atoms with Crippen molar-refractivity contribution in [1.29, 1.82) is 5.26 Å². The van der Waals surface area contributed by atoms with Crippen molar-refractivity contribution in [3.05, 3.63) is 17.1 Å². The van der Waals surface area contributed by atoms with Gasteiger partial charge >= 0.3 is 0 Å². The Labute approximate surface area is 90.7 Å². The van der Waals surface area contributed by atoms with Crippen molar-refractivity contribution >= 4 is 21.6 Å². The Kier molecular flexibility index (Phi) is 2.44. The van der Waals surface area contributed by atoms with Gasteiger partial charge in [0.2, 0.25) is 0 Å². The Bertz CT molecular complexity index is 501. The molecule has 1 heterocycles. The first-order chi connectivity index (χ1) is 7.28. The third-order valence-corrected chi connectivity index (χ3v) is 2.91. The molecule has 0 radical (unpaired) electrons. The van der Waals surface area contributed by atoms with Crippen LogP contribution < -0.4 is 9.47 Å². The molecule has 4 nitrogen and oxygen atoms in total. The van der Waals surface area contributed by atoms with Crippen molar-refractivity contribution in [2.75, 3.05) is 14.2 Å². The van der Waals surface area contributed by atoms with Crippen molar-refractivity contribution in [3.8, 4) is 17.6 Å². The summed E-state index contributed by atoms with van der Waals surface area (Å²) in [4.78, 5) is 4.14. The molecule has 0 fully saturated rings. The molecule has 0 saturated carbocycles. The van der Waals surface area contributed by atoms with E-state index in [0.717, 1.165) is 10.2 Å². The molecule has 0 bridgehead atoms. The molecule has 0 aliphatic carbocycles. The van der Waals surface area contributed by atoms with E-state index in [2.05, 4.69) is 4.98 Å². The summed E-state index contributed by atoms with van der Waals surface area (Å²) in [7, 11) is 3.15. The van der Waals surface area contributed by atoms with Crippen LogP contribution in [0.25, 0.3) is 10.2 Å². The van der Waals surface area contributed by atoms with Gasteiger partial charge in [-0.15, -0.1) is 11.3 Å². The van der Waals surface area contributed by atoms with Crippen molar-refractivity contribution in [2.45, 2.75) is 0 Å². The maximum atomic E-state index is 8.73. The van der Waals surface area contributed by atoms with E-state index in [1.807, 2.05) is 12.1 Å². The van der Waals surface area contributed by atoms with Crippen LogP contribution in [0.4, 0.5) is 0 Å². The van der Waals surface area contributed by atoms with Gasteiger partial charge in [-0.05, 0) is 0 Å². The van der Waals surface area contributed by atoms with E-state index >= 15 is 0 Å². The molecule has 15 heavy (non-hydrogen) atoms. The van der Waals surface area contributed by atoms with Crippen LogP contribution in [0.15, 0.2) is 12.1 Å². The van der Waals surface area contributed by atoms with E-state index in [4.69, 9.17) is 14.7 Å². The summed E-state index contributed by atoms with van der Waals surface area (Å²) in [6.07, 6.45) is 0. The lowest BCUT2D eigenvalue weighted by Crippen LogP contribution is -1.89. The van der Waals surface area contributed by atoms with Gasteiger partial charge in [-0.1, -0.05) is 0 Å². The van der Waals surface area contributed by atoms with Gasteiger partial charge < -0.3 is 9.47 Å². The van der Waals surface area contributed by atoms with Gasteiger partial charge in [-0.2, -0.15) is 5.26 Å². The zero-order valence-corrected chi connectivity index (χ0v) is 9.09. The van der Waals surface area contributed by atoms with Crippen molar-refractivity contribution in [3.63, 3.8) is 0 Å². The van der Waals surface area contributed by atoms with Crippen LogP contribution >= 0.6 is 11.3 Å². The number of nitriles is 1. The maximum absolute atomic E-state index is 8.73. The average molecular weight is 220 g/mol. The molecule has 1 aromatic heterocycles. The third-order valence-electron chi connectivity index (χ3n) is 1.99. The number of hydrogen-bond acceptors (Lipinski definition) is 5. The summed E-state index contributed by atoms with van der Waals surface area (Å²) in [5.41, 5.74) is 0.759. The molecule has 0 atom stereocenters. The second kappa shape index (κ2) is 3.75. The molecule has 0 spiro atoms. The van der Waals surface area contributed by atoms with E-state index in [-0.39, 0.29) is 0 Å². The number of fused-ring (bicyclic) bond motifs is 1. The van der Waals surface area contributed by atoms with Gasteiger partial charge in [-0.3, -0.25) is 0 Å². The van der Waals surface area contributed by atoms with Gasteiger partial charge in [0, 0.05) is 12.1 Å². The number of nitrogens with zero attached hydrogens (tertiary/aromatic N) is 2. The summed E-state index contributed by atoms with van der Waals surface area (Å²) >= 11 is 1.34. The molecule has 2 aromatic rings. The van der Waals surface area contributed by atoms with Crippen LogP contribution in [-0.2, 0) is 0 Å². The van der Waals surface area contributed by atoms with Crippen molar-refractivity contribution in [2.24, 2.45) is 0 Å². The van der Waals surface area contributed by atoms with E-state index in [1.165, 1.54) is 11.3 Å². The Balaban J connectivity index is 2.68. The molecule has 5 heteroatoms. The predicted octanol–water partition coefficient (Wildman–Crippen LogP) is 2.19. The molecule has 1 aromatic carbocycles. The number of rotatable bonds is 2. The van der Waals surface area contributed by atoms with Gasteiger partial charge in [0.25, 0.3) is 0 Å². The number of hydrogen-bond donors (Lipinski definition) is 0. The Morgan fingerprint density at radius 2 is 1.93 bits per heavy atom. The van der Waals surface area contributed by atoms with Crippen LogP contribution in [0, 0.1) is 11.3 Å². The monoisotopic (exact) mass is 220 g/mol. The van der Waals surface area contributed by atoms with Crippen LogP contribution in [0.3, 0.4) is 0 Å². The molecule has 0 unspecified atom stereocenters. The lowest BCUT2D eigenvalue weighted by Gasteiger charge is -2.05. The fraction of sp³-hybridized carbons (Fsp3) is 0.200. The molecular weight excluding hydrogens is 212 g/mol. The van der Waals surface area contributed by atoms with Crippen LogP contribution in [0.1, 0.15) is 5.01 Å². The molecule has 76 valence electrons. The quantitative estimate of drug-likeness (QED) is 0.778. The highest BCUT2D eigenvalue weighted by Gasteiger charge is 2.09. The number of aromatic nitrogens is 1. The highest BCUT2D eigenvalue weighted by molar-refractivity contribution is 7.19. The van der Waals surface area contributed by atoms with Gasteiger partial charge in [0.05, 0.1) is 24.4 Å². The standard InChI is InChI=1S/C10H8N2O2S/c1-13-7-3-6-9(4-8(7)14-2)15-10(5-11)12-6/h3-4H,1-2H3. The second-order valence-electron chi connectivity index (χ2n) is 2.81. The number of ether oxygens (including phenoxy) is 2. The lowest BCUT2D eigenvalue weighted by atomic mass is 10.3. The van der Waals surface area contributed by atoms with E-state index < -0.39 is 0 Å². The minimum Gasteiger partial charge on any atom is -0.493 e. The third kappa shape index (κ3) is 1.60. The minimum atomic E-state index is 0.445. The lowest BCUT2D eigenvalue weighted by molar-refractivity contribution is 0.356. The number of thiazole rings is 1. The first-order valence-electron chi connectivity index (χ1n) is 4.21. The molecule has 2 rings (SSSR count). The number of methoxy groups -OCH3 is 2. The van der Waals surface area contributed by atoms with E-state index in [0.29, 0.717) is 16.5 Å². The minimum absolute atomic E-state index is 0.445. The topological polar surface area (TPSA) is 55.1 Å². The van der Waals surface area contributed by atoms with Crippen molar-refractivity contribution in [1.82, 2.24) is 4.98 Å². The molecule has 0 aliphatic rings. The Hall–Kier alpha value is -1.80. The van der Waals surface area contributed by atoms with Gasteiger partial charge in [0.1, 0.15) is 6.07 Å². The maximum Gasteiger partial charge on any atom is 0.195 e. The molecule has 0 N–H and O–H groups in total. The first-order valence-corrected chi connectivity index (χ1v) is 5.03. The summed E-state index contributed by atoms with van der Waals surface area (Å²) < 4.78 is 11.2. The van der Waals surface area contributed by atoms with Crippen molar-refractivity contribution < 1.29 is 9.47 Å². The van der Waals surface area contributed by atoms with Gasteiger partial charge in [-0.25, -0.2) is 4.98 Å². The normalized spacial score (nSPS) is 9.93. The first kappa shape index (κ1) is 9.74. The molecule has 0 saturated heterocycles. The Morgan fingerprint density at radius 1 is 1.27 bits per heavy atom. The van der Waals surface area contributed by atoms with Gasteiger partial charge in [0.15, 0.2) is 16.5 Å². The zero-order chi connectivity index (χ0) is 10.8. The number of benzene rings is 1. The SMILES string of the molecule is COc1cc2nc(C#N)sc2cc1OC. The zero-order valence-electron chi connectivity index (χ0n) is 8.27. The largest absolute Gasteiger partial charge is 0.493 e. The Morgan fingerprint density at radius 3 is 2.53 bits per heavy atom. The molecular formula is C10H8N2O2S. The van der Waals surface area contributed by atoms with Crippen LogP contribution in [0.2, 0.25) is 0 Å². The fourth-order valence-electron chi connectivity index (χ4n) is 1.30. The smallest absolute Gasteiger partial charge is 0.195 e. The highest BCUT2D eigenvalue weighted by atomic mass is 32.1. The predicted molar refractivity (Wildman–Crippen MR) is 57.4 cm³/mol. The fourth-order valence-corrected chi connectivity index (χ4v) is 2.08. The highest BCUT2D eigenvalue weighted by Crippen LogP contribution is 2.34. The van der Waals surface area contributed by atoms with E-state index in [1.54, 1.807) is 20.3 Å². The summed E-state index contributed by atoms with van der Waals surface area (Å²) in [6, 6.07) is 5.61. The van der Waals surface area contributed by atoms with Crippen LogP contribution in [0.5, 0.6) is 11.5 Å². The molecule has 0 aliphatic heterocycles. The summed E-state index contributed by atoms with van der Waals surface area (Å²) in [5, 5.41) is 9.17. The van der Waals surface area contributed by atoms with E-state index in [9.17, 15) is 0 Å². The van der Waals surface area contributed by atoms with Crippen LogP contribution in [-0.4, -0.2) is 19.2 Å². The molecule has 0 amide bonds.